The van der Waals surface area contributed by atoms with Crippen molar-refractivity contribution in [3.05, 3.63) is 41.5 Å². The average molecular weight is 237 g/mol. The van der Waals surface area contributed by atoms with Gasteiger partial charge in [-0.25, -0.2) is 9.37 Å². The minimum Gasteiger partial charge on any atom is -0.439 e. The van der Waals surface area contributed by atoms with E-state index in [1.165, 1.54) is 12.3 Å². The molecule has 1 heterocycles. The van der Waals surface area contributed by atoms with Crippen LogP contribution in [0, 0.1) is 12.7 Å². The zero-order valence-electron chi connectivity index (χ0n) is 8.44. The number of benzene rings is 1. The highest BCUT2D eigenvalue weighted by molar-refractivity contribution is 7.99. The van der Waals surface area contributed by atoms with Crippen LogP contribution in [0.4, 0.5) is 4.39 Å². The van der Waals surface area contributed by atoms with Crippen molar-refractivity contribution in [2.75, 3.05) is 0 Å². The maximum atomic E-state index is 13.3. The number of nitrogens with zero attached hydrogens (tertiary/aromatic N) is 1. The van der Waals surface area contributed by atoms with Crippen LogP contribution < -0.4 is 0 Å². The number of aromatic nitrogens is 1. The predicted molar refractivity (Wildman–Crippen MR) is 57.2 cm³/mol. The number of hydrogen-bond acceptors (Lipinski definition) is 4. The van der Waals surface area contributed by atoms with E-state index >= 15 is 0 Å². The molecule has 0 amide bonds. The van der Waals surface area contributed by atoms with E-state index in [0.29, 0.717) is 16.4 Å². The van der Waals surface area contributed by atoms with E-state index in [-0.39, 0.29) is 5.56 Å². The summed E-state index contributed by atoms with van der Waals surface area (Å²) < 4.78 is 18.4. The fourth-order valence-electron chi connectivity index (χ4n) is 1.19. The Bertz CT molecular complexity index is 524. The van der Waals surface area contributed by atoms with Crippen molar-refractivity contribution in [2.24, 2.45) is 0 Å². The summed E-state index contributed by atoms with van der Waals surface area (Å²) >= 11 is 1.12. The van der Waals surface area contributed by atoms with Gasteiger partial charge in [-0.05, 0) is 30.8 Å². The van der Waals surface area contributed by atoms with E-state index < -0.39 is 5.82 Å². The summed E-state index contributed by atoms with van der Waals surface area (Å²) in [5, 5.41) is 0.395. The van der Waals surface area contributed by atoms with Crippen LogP contribution in [-0.4, -0.2) is 11.3 Å². The Balaban J connectivity index is 2.34. The van der Waals surface area contributed by atoms with Crippen LogP contribution in [0.3, 0.4) is 0 Å². The van der Waals surface area contributed by atoms with E-state index in [4.69, 9.17) is 4.42 Å². The lowest BCUT2D eigenvalue weighted by atomic mass is 10.2. The first-order chi connectivity index (χ1) is 7.70. The second-order valence-electron chi connectivity index (χ2n) is 3.13. The first kappa shape index (κ1) is 10.9. The molecule has 0 spiro atoms. The van der Waals surface area contributed by atoms with E-state index in [9.17, 15) is 9.18 Å². The molecule has 0 radical (unpaired) electrons. The summed E-state index contributed by atoms with van der Waals surface area (Å²) in [6.45, 7) is 1.79. The van der Waals surface area contributed by atoms with Crippen molar-refractivity contribution in [3.8, 4) is 0 Å². The number of carbonyl (C=O) groups is 1. The van der Waals surface area contributed by atoms with Gasteiger partial charge in [0.1, 0.15) is 12.1 Å². The Morgan fingerprint density at radius 2 is 2.31 bits per heavy atom. The second kappa shape index (κ2) is 4.49. The molecule has 1 aromatic heterocycles. The molecule has 0 atom stereocenters. The first-order valence-corrected chi connectivity index (χ1v) is 5.36. The summed E-state index contributed by atoms with van der Waals surface area (Å²) in [5.74, 6) is -0.539. The standard InChI is InChI=1S/C11H8FNO2S/c1-7-6-15-11(13-7)16-10-4-2-3-9(12)8(10)5-14/h2-6H,1H3. The number of aryl methyl sites for hydroxylation is 1. The van der Waals surface area contributed by atoms with Gasteiger partial charge in [0, 0.05) is 4.90 Å². The molecule has 3 nitrogen and oxygen atoms in total. The van der Waals surface area contributed by atoms with Gasteiger partial charge in [-0.2, -0.15) is 0 Å². The molecule has 2 aromatic rings. The van der Waals surface area contributed by atoms with Gasteiger partial charge in [0.25, 0.3) is 5.22 Å². The molecule has 82 valence electrons. The normalized spacial score (nSPS) is 10.4. The fourth-order valence-corrected chi connectivity index (χ4v) is 2.07. The largest absolute Gasteiger partial charge is 0.439 e. The van der Waals surface area contributed by atoms with Gasteiger partial charge in [-0.1, -0.05) is 6.07 Å². The van der Waals surface area contributed by atoms with Crippen LogP contribution in [0.25, 0.3) is 0 Å². The lowest BCUT2D eigenvalue weighted by molar-refractivity contribution is 0.111. The van der Waals surface area contributed by atoms with Gasteiger partial charge in [0.15, 0.2) is 6.29 Å². The molecule has 0 N–H and O–H groups in total. The Labute approximate surface area is 95.7 Å². The minimum absolute atomic E-state index is 0.0309. The van der Waals surface area contributed by atoms with Crippen LogP contribution in [-0.2, 0) is 0 Å². The lowest BCUT2D eigenvalue weighted by Crippen LogP contribution is -1.90. The third-order valence-electron chi connectivity index (χ3n) is 1.93. The van der Waals surface area contributed by atoms with Crippen molar-refractivity contribution >= 4 is 18.0 Å². The molecular formula is C11H8FNO2S. The number of aldehydes is 1. The fraction of sp³-hybridized carbons (Fsp3) is 0.0909. The van der Waals surface area contributed by atoms with Crippen LogP contribution in [0.2, 0.25) is 0 Å². The third kappa shape index (κ3) is 2.14. The molecule has 0 saturated carbocycles. The van der Waals surface area contributed by atoms with E-state index in [0.717, 1.165) is 17.5 Å². The Hall–Kier alpha value is -1.62. The van der Waals surface area contributed by atoms with Crippen molar-refractivity contribution in [2.45, 2.75) is 17.0 Å². The van der Waals surface area contributed by atoms with Crippen molar-refractivity contribution < 1.29 is 13.6 Å². The zero-order valence-corrected chi connectivity index (χ0v) is 9.25. The van der Waals surface area contributed by atoms with E-state index in [2.05, 4.69) is 4.98 Å². The highest BCUT2D eigenvalue weighted by Gasteiger charge is 2.11. The van der Waals surface area contributed by atoms with Crippen molar-refractivity contribution in [3.63, 3.8) is 0 Å². The van der Waals surface area contributed by atoms with Gasteiger partial charge >= 0.3 is 0 Å². The summed E-state index contributed by atoms with van der Waals surface area (Å²) in [6.07, 6.45) is 2.00. The summed E-state index contributed by atoms with van der Waals surface area (Å²) in [4.78, 5) is 15.3. The number of halogens is 1. The molecule has 0 bridgehead atoms. The molecular weight excluding hydrogens is 229 g/mol. The molecule has 0 aliphatic carbocycles. The van der Waals surface area contributed by atoms with Crippen LogP contribution in [0.15, 0.2) is 39.0 Å². The van der Waals surface area contributed by atoms with Crippen molar-refractivity contribution in [1.29, 1.82) is 0 Å². The van der Waals surface area contributed by atoms with E-state index in [1.54, 1.807) is 19.1 Å². The van der Waals surface area contributed by atoms with Gasteiger partial charge in [0.05, 0.1) is 11.3 Å². The SMILES string of the molecule is Cc1coc(Sc2cccc(F)c2C=O)n1. The summed E-state index contributed by atoms with van der Waals surface area (Å²) in [7, 11) is 0. The maximum Gasteiger partial charge on any atom is 0.260 e. The molecule has 0 aliphatic rings. The smallest absolute Gasteiger partial charge is 0.260 e. The molecule has 0 unspecified atom stereocenters. The third-order valence-corrected chi connectivity index (χ3v) is 2.86. The van der Waals surface area contributed by atoms with E-state index in [1.807, 2.05) is 0 Å². The Morgan fingerprint density at radius 1 is 1.50 bits per heavy atom. The zero-order chi connectivity index (χ0) is 11.5. The quantitative estimate of drug-likeness (QED) is 0.769. The summed E-state index contributed by atoms with van der Waals surface area (Å²) in [5.41, 5.74) is 0.773. The highest BCUT2D eigenvalue weighted by Crippen LogP contribution is 2.30. The molecule has 0 aliphatic heterocycles. The molecule has 1 aromatic carbocycles. The molecule has 0 fully saturated rings. The topological polar surface area (TPSA) is 43.1 Å². The van der Waals surface area contributed by atoms with Crippen LogP contribution in [0.5, 0.6) is 0 Å². The van der Waals surface area contributed by atoms with Gasteiger partial charge in [0.2, 0.25) is 0 Å². The number of rotatable bonds is 3. The van der Waals surface area contributed by atoms with Gasteiger partial charge < -0.3 is 4.42 Å². The monoisotopic (exact) mass is 237 g/mol. The number of hydrogen-bond donors (Lipinski definition) is 0. The molecule has 5 heteroatoms. The summed E-state index contributed by atoms with van der Waals surface area (Å²) in [6, 6.07) is 4.44. The number of carbonyl (C=O) groups excluding carboxylic acids is 1. The lowest BCUT2D eigenvalue weighted by Gasteiger charge is -2.01. The van der Waals surface area contributed by atoms with Gasteiger partial charge in [-0.15, -0.1) is 0 Å². The van der Waals surface area contributed by atoms with Crippen LogP contribution >= 0.6 is 11.8 Å². The molecule has 16 heavy (non-hydrogen) atoms. The average Bonchev–Trinajstić information content (AvgIpc) is 2.64. The Kier molecular flexibility index (Phi) is 3.05. The first-order valence-electron chi connectivity index (χ1n) is 4.54. The van der Waals surface area contributed by atoms with Crippen molar-refractivity contribution in [1.82, 2.24) is 4.98 Å². The Morgan fingerprint density at radius 3 is 2.94 bits per heavy atom. The van der Waals surface area contributed by atoms with Crippen LogP contribution in [0.1, 0.15) is 16.1 Å². The molecule has 0 saturated heterocycles. The second-order valence-corrected chi connectivity index (χ2v) is 4.12. The predicted octanol–water partition coefficient (Wildman–Crippen LogP) is 3.09. The maximum absolute atomic E-state index is 13.3. The number of oxazole rings is 1. The molecule has 2 rings (SSSR count). The van der Waals surface area contributed by atoms with Gasteiger partial charge in [-0.3, -0.25) is 4.79 Å². The highest BCUT2D eigenvalue weighted by atomic mass is 32.2. The minimum atomic E-state index is -0.539.